The van der Waals surface area contributed by atoms with Crippen molar-refractivity contribution < 1.29 is 4.74 Å². The van der Waals surface area contributed by atoms with Crippen molar-refractivity contribution in [3.63, 3.8) is 0 Å². The van der Waals surface area contributed by atoms with Gasteiger partial charge in [0.25, 0.3) is 0 Å². The van der Waals surface area contributed by atoms with Gasteiger partial charge in [-0.15, -0.1) is 0 Å². The van der Waals surface area contributed by atoms with Crippen LogP contribution in [0.25, 0.3) is 0 Å². The molecule has 1 aliphatic rings. The number of aryl methyl sites for hydroxylation is 1. The topological polar surface area (TPSA) is 21.3 Å². The van der Waals surface area contributed by atoms with Gasteiger partial charge >= 0.3 is 0 Å². The number of fused-ring (bicyclic) bond motifs is 1. The van der Waals surface area contributed by atoms with E-state index in [4.69, 9.17) is 4.74 Å². The Labute approximate surface area is 91.6 Å². The van der Waals surface area contributed by atoms with E-state index >= 15 is 0 Å². The SMILES string of the molecule is CNCCCc1ccc2c(c1)CC(C)O2. The Morgan fingerprint density at radius 2 is 2.33 bits per heavy atom. The molecule has 0 aromatic heterocycles. The first-order valence-electron chi connectivity index (χ1n) is 5.72. The molecular formula is C13H19NO. The van der Waals surface area contributed by atoms with E-state index in [-0.39, 0.29) is 0 Å². The zero-order chi connectivity index (χ0) is 10.7. The van der Waals surface area contributed by atoms with E-state index in [1.165, 1.54) is 17.5 Å². The van der Waals surface area contributed by atoms with Crippen LogP contribution in [0.3, 0.4) is 0 Å². The molecule has 1 heterocycles. The molecule has 0 saturated carbocycles. The van der Waals surface area contributed by atoms with E-state index in [1.807, 2.05) is 7.05 Å². The molecule has 1 aromatic rings. The van der Waals surface area contributed by atoms with Gasteiger partial charge < -0.3 is 10.1 Å². The normalized spacial score (nSPS) is 18.7. The summed E-state index contributed by atoms with van der Waals surface area (Å²) in [4.78, 5) is 0. The summed E-state index contributed by atoms with van der Waals surface area (Å²) in [6.07, 6.45) is 3.77. The molecule has 1 N–H and O–H groups in total. The first-order valence-corrected chi connectivity index (χ1v) is 5.72. The largest absolute Gasteiger partial charge is 0.490 e. The van der Waals surface area contributed by atoms with Crippen molar-refractivity contribution in [1.29, 1.82) is 0 Å². The van der Waals surface area contributed by atoms with E-state index in [0.717, 1.165) is 25.1 Å². The van der Waals surface area contributed by atoms with E-state index in [2.05, 4.69) is 30.4 Å². The Hall–Kier alpha value is -1.02. The fourth-order valence-corrected chi connectivity index (χ4v) is 2.10. The Balaban J connectivity index is 2.00. The molecule has 2 rings (SSSR count). The van der Waals surface area contributed by atoms with E-state index in [1.54, 1.807) is 0 Å². The number of ether oxygens (including phenoxy) is 1. The van der Waals surface area contributed by atoms with Crippen molar-refractivity contribution in [2.45, 2.75) is 32.3 Å². The fourth-order valence-electron chi connectivity index (χ4n) is 2.10. The lowest BCUT2D eigenvalue weighted by atomic mass is 10.0. The average Bonchev–Trinajstić information content (AvgIpc) is 2.57. The third kappa shape index (κ3) is 2.51. The average molecular weight is 205 g/mol. The molecule has 1 atom stereocenters. The maximum atomic E-state index is 5.68. The molecule has 0 amide bonds. The molecule has 1 unspecified atom stereocenters. The highest BCUT2D eigenvalue weighted by molar-refractivity contribution is 5.40. The Morgan fingerprint density at radius 1 is 1.47 bits per heavy atom. The van der Waals surface area contributed by atoms with Gasteiger partial charge in [0.05, 0.1) is 0 Å². The minimum atomic E-state index is 0.354. The van der Waals surface area contributed by atoms with Crippen LogP contribution in [0.15, 0.2) is 18.2 Å². The molecular weight excluding hydrogens is 186 g/mol. The molecule has 1 aliphatic heterocycles. The molecule has 0 saturated heterocycles. The first-order chi connectivity index (χ1) is 7.29. The number of rotatable bonds is 4. The number of benzene rings is 1. The smallest absolute Gasteiger partial charge is 0.123 e. The molecule has 0 fully saturated rings. The van der Waals surface area contributed by atoms with Crippen LogP contribution in [0.5, 0.6) is 5.75 Å². The van der Waals surface area contributed by atoms with Gasteiger partial charge in [-0.3, -0.25) is 0 Å². The molecule has 2 nitrogen and oxygen atoms in total. The highest BCUT2D eigenvalue weighted by Crippen LogP contribution is 2.29. The van der Waals surface area contributed by atoms with Crippen LogP contribution in [-0.2, 0) is 12.8 Å². The minimum absolute atomic E-state index is 0.354. The van der Waals surface area contributed by atoms with Gasteiger partial charge in [-0.1, -0.05) is 12.1 Å². The Bertz CT molecular complexity index is 335. The lowest BCUT2D eigenvalue weighted by Crippen LogP contribution is -2.08. The van der Waals surface area contributed by atoms with Gasteiger partial charge in [-0.2, -0.15) is 0 Å². The Kier molecular flexibility index (Phi) is 3.27. The molecule has 0 radical (unpaired) electrons. The molecule has 15 heavy (non-hydrogen) atoms. The quantitative estimate of drug-likeness (QED) is 0.761. The van der Waals surface area contributed by atoms with Crippen LogP contribution in [-0.4, -0.2) is 19.7 Å². The van der Waals surface area contributed by atoms with E-state index in [9.17, 15) is 0 Å². The van der Waals surface area contributed by atoms with Crippen molar-refractivity contribution in [2.24, 2.45) is 0 Å². The monoisotopic (exact) mass is 205 g/mol. The summed E-state index contributed by atoms with van der Waals surface area (Å²) in [6.45, 7) is 3.21. The third-order valence-corrected chi connectivity index (χ3v) is 2.85. The number of hydrogen-bond acceptors (Lipinski definition) is 2. The van der Waals surface area contributed by atoms with Crippen molar-refractivity contribution in [2.75, 3.05) is 13.6 Å². The summed E-state index contributed by atoms with van der Waals surface area (Å²) in [6, 6.07) is 6.61. The summed E-state index contributed by atoms with van der Waals surface area (Å²) in [5, 5.41) is 3.17. The standard InChI is InChI=1S/C13H19NO/c1-10-8-12-9-11(4-3-7-14-2)5-6-13(12)15-10/h5-6,9-10,14H,3-4,7-8H2,1-2H3. The first kappa shape index (κ1) is 10.5. The zero-order valence-electron chi connectivity index (χ0n) is 9.55. The number of nitrogens with one attached hydrogen (secondary N) is 1. The summed E-state index contributed by atoms with van der Waals surface area (Å²) < 4.78 is 5.68. The van der Waals surface area contributed by atoms with Crippen LogP contribution in [0.4, 0.5) is 0 Å². The van der Waals surface area contributed by atoms with Gasteiger partial charge in [0.1, 0.15) is 11.9 Å². The summed E-state index contributed by atoms with van der Waals surface area (Å²) in [5.74, 6) is 1.08. The Morgan fingerprint density at radius 3 is 3.13 bits per heavy atom. The predicted octanol–water partition coefficient (Wildman–Crippen LogP) is 2.16. The minimum Gasteiger partial charge on any atom is -0.490 e. The molecule has 0 bridgehead atoms. The van der Waals surface area contributed by atoms with E-state index in [0.29, 0.717) is 6.10 Å². The molecule has 1 aromatic carbocycles. The predicted molar refractivity (Wildman–Crippen MR) is 62.5 cm³/mol. The maximum Gasteiger partial charge on any atom is 0.123 e. The number of hydrogen-bond donors (Lipinski definition) is 1. The second kappa shape index (κ2) is 4.67. The summed E-state index contributed by atoms with van der Waals surface area (Å²) in [5.41, 5.74) is 2.81. The van der Waals surface area contributed by atoms with Crippen molar-refractivity contribution in [1.82, 2.24) is 5.32 Å². The molecule has 0 spiro atoms. The van der Waals surface area contributed by atoms with Crippen LogP contribution >= 0.6 is 0 Å². The van der Waals surface area contributed by atoms with Crippen molar-refractivity contribution in [3.8, 4) is 5.75 Å². The zero-order valence-corrected chi connectivity index (χ0v) is 9.55. The highest BCUT2D eigenvalue weighted by atomic mass is 16.5. The van der Waals surface area contributed by atoms with Crippen LogP contribution < -0.4 is 10.1 Å². The molecule has 2 heteroatoms. The van der Waals surface area contributed by atoms with Gasteiger partial charge in [-0.25, -0.2) is 0 Å². The highest BCUT2D eigenvalue weighted by Gasteiger charge is 2.18. The van der Waals surface area contributed by atoms with Crippen LogP contribution in [0, 0.1) is 0 Å². The summed E-state index contributed by atoms with van der Waals surface area (Å²) in [7, 11) is 2.00. The van der Waals surface area contributed by atoms with Crippen LogP contribution in [0.2, 0.25) is 0 Å². The fraction of sp³-hybridized carbons (Fsp3) is 0.538. The lowest BCUT2D eigenvalue weighted by molar-refractivity contribution is 0.254. The second-order valence-corrected chi connectivity index (χ2v) is 4.28. The van der Waals surface area contributed by atoms with Crippen molar-refractivity contribution in [3.05, 3.63) is 29.3 Å². The molecule has 82 valence electrons. The van der Waals surface area contributed by atoms with Gasteiger partial charge in [0.15, 0.2) is 0 Å². The third-order valence-electron chi connectivity index (χ3n) is 2.85. The van der Waals surface area contributed by atoms with Gasteiger partial charge in [-0.05, 0) is 50.6 Å². The maximum absolute atomic E-state index is 5.68. The molecule has 0 aliphatic carbocycles. The lowest BCUT2D eigenvalue weighted by Gasteiger charge is -2.04. The van der Waals surface area contributed by atoms with Gasteiger partial charge in [0, 0.05) is 6.42 Å². The van der Waals surface area contributed by atoms with Crippen LogP contribution in [0.1, 0.15) is 24.5 Å². The van der Waals surface area contributed by atoms with Crippen molar-refractivity contribution >= 4 is 0 Å². The second-order valence-electron chi connectivity index (χ2n) is 4.28. The van der Waals surface area contributed by atoms with Gasteiger partial charge in [0.2, 0.25) is 0 Å². The van der Waals surface area contributed by atoms with E-state index < -0.39 is 0 Å². The summed E-state index contributed by atoms with van der Waals surface area (Å²) >= 11 is 0.